The zero-order valence-corrected chi connectivity index (χ0v) is 11.4. The molecule has 1 N–H and O–H groups in total. The van der Waals surface area contributed by atoms with Crippen molar-refractivity contribution >= 4 is 22.9 Å². The number of furan rings is 1. The van der Waals surface area contributed by atoms with E-state index in [9.17, 15) is 0 Å². The second-order valence-electron chi connectivity index (χ2n) is 3.82. The summed E-state index contributed by atoms with van der Waals surface area (Å²) in [6, 6.07) is 2.07. The van der Waals surface area contributed by atoms with Crippen LogP contribution in [0.5, 0.6) is 0 Å². The Morgan fingerprint density at radius 1 is 1.59 bits per heavy atom. The topological polar surface area (TPSA) is 38.1 Å². The van der Waals surface area contributed by atoms with Crippen molar-refractivity contribution in [2.24, 2.45) is 0 Å². The molecular formula is C12H15ClN2OS. The molecule has 5 heteroatoms. The minimum absolute atomic E-state index is 0.160. The van der Waals surface area contributed by atoms with Gasteiger partial charge in [-0.25, -0.2) is 4.98 Å². The van der Waals surface area contributed by atoms with E-state index in [1.165, 1.54) is 0 Å². The van der Waals surface area contributed by atoms with E-state index in [1.807, 2.05) is 13.0 Å². The molecule has 0 aliphatic carbocycles. The average Bonchev–Trinajstić information content (AvgIpc) is 2.87. The van der Waals surface area contributed by atoms with E-state index in [1.54, 1.807) is 17.6 Å². The maximum Gasteiger partial charge on any atom is 0.197 e. The highest BCUT2D eigenvalue weighted by Crippen LogP contribution is 2.27. The van der Waals surface area contributed by atoms with Crippen LogP contribution >= 0.6 is 22.9 Å². The van der Waals surface area contributed by atoms with Crippen molar-refractivity contribution in [2.75, 3.05) is 6.54 Å². The summed E-state index contributed by atoms with van der Waals surface area (Å²) in [6.45, 7) is 4.98. The van der Waals surface area contributed by atoms with Crippen LogP contribution in [0, 0.1) is 6.92 Å². The number of aromatic nitrogens is 1. The van der Waals surface area contributed by atoms with Gasteiger partial charge in [0, 0.05) is 23.4 Å². The first-order valence-electron chi connectivity index (χ1n) is 5.58. The molecule has 2 aromatic heterocycles. The van der Waals surface area contributed by atoms with Gasteiger partial charge in [0.2, 0.25) is 0 Å². The number of nitrogens with one attached hydrogen (secondary N) is 1. The Morgan fingerprint density at radius 2 is 2.41 bits per heavy atom. The van der Waals surface area contributed by atoms with Crippen LogP contribution in [-0.4, -0.2) is 11.5 Å². The van der Waals surface area contributed by atoms with Gasteiger partial charge in [-0.15, -0.1) is 11.3 Å². The lowest BCUT2D eigenvalue weighted by molar-refractivity contribution is 0.523. The van der Waals surface area contributed by atoms with Crippen molar-refractivity contribution in [3.05, 3.63) is 39.2 Å². The van der Waals surface area contributed by atoms with E-state index in [0.717, 1.165) is 29.2 Å². The first-order valence-corrected chi connectivity index (χ1v) is 6.83. The fraction of sp³-hybridized carbons (Fsp3) is 0.417. The molecule has 17 heavy (non-hydrogen) atoms. The third-order valence-electron chi connectivity index (χ3n) is 2.55. The summed E-state index contributed by atoms with van der Waals surface area (Å²) in [6.07, 6.45) is 2.45. The van der Waals surface area contributed by atoms with Gasteiger partial charge in [0.25, 0.3) is 0 Å². The number of hydrogen-bond acceptors (Lipinski definition) is 4. The molecule has 0 aromatic carbocycles. The van der Waals surface area contributed by atoms with Crippen molar-refractivity contribution < 1.29 is 4.42 Å². The molecule has 0 radical (unpaired) electrons. The maximum atomic E-state index is 6.02. The van der Waals surface area contributed by atoms with Crippen LogP contribution in [0.1, 0.15) is 29.2 Å². The van der Waals surface area contributed by atoms with Crippen LogP contribution in [0.2, 0.25) is 5.22 Å². The van der Waals surface area contributed by atoms with E-state index in [0.29, 0.717) is 5.22 Å². The van der Waals surface area contributed by atoms with Crippen LogP contribution in [0.25, 0.3) is 0 Å². The van der Waals surface area contributed by atoms with Crippen LogP contribution in [0.4, 0.5) is 0 Å². The maximum absolute atomic E-state index is 6.02. The SMILES string of the molecule is CCNC(Cc1csc(C)n1)c1ccoc1Cl. The Labute approximate surface area is 110 Å². The van der Waals surface area contributed by atoms with Gasteiger partial charge in [-0.2, -0.15) is 0 Å². The predicted molar refractivity (Wildman–Crippen MR) is 70.7 cm³/mol. The highest BCUT2D eigenvalue weighted by Gasteiger charge is 2.17. The number of rotatable bonds is 5. The third-order valence-corrected chi connectivity index (χ3v) is 3.68. The summed E-state index contributed by atoms with van der Waals surface area (Å²) in [5.74, 6) is 0. The van der Waals surface area contributed by atoms with Gasteiger partial charge in [-0.05, 0) is 31.1 Å². The lowest BCUT2D eigenvalue weighted by Gasteiger charge is -2.15. The molecule has 0 bridgehead atoms. The quantitative estimate of drug-likeness (QED) is 0.902. The number of aryl methyl sites for hydroxylation is 1. The first-order chi connectivity index (χ1) is 8.20. The molecule has 0 spiro atoms. The Bertz CT molecular complexity index is 480. The van der Waals surface area contributed by atoms with E-state index < -0.39 is 0 Å². The molecule has 1 unspecified atom stereocenters. The van der Waals surface area contributed by atoms with Crippen molar-refractivity contribution in [3.63, 3.8) is 0 Å². The number of halogens is 1. The van der Waals surface area contributed by atoms with Crippen LogP contribution in [0.15, 0.2) is 22.1 Å². The Balaban J connectivity index is 2.15. The molecule has 3 nitrogen and oxygen atoms in total. The van der Waals surface area contributed by atoms with E-state index in [4.69, 9.17) is 16.0 Å². The number of nitrogens with zero attached hydrogens (tertiary/aromatic N) is 1. The van der Waals surface area contributed by atoms with Gasteiger partial charge < -0.3 is 9.73 Å². The fourth-order valence-electron chi connectivity index (χ4n) is 1.80. The van der Waals surface area contributed by atoms with E-state index in [2.05, 4.69) is 22.6 Å². The second kappa shape index (κ2) is 5.67. The van der Waals surface area contributed by atoms with Crippen LogP contribution in [0.3, 0.4) is 0 Å². The molecule has 2 aromatic rings. The summed E-state index contributed by atoms with van der Waals surface area (Å²) in [7, 11) is 0. The van der Waals surface area contributed by atoms with Gasteiger partial charge in [0.1, 0.15) is 0 Å². The highest BCUT2D eigenvalue weighted by molar-refractivity contribution is 7.09. The Morgan fingerprint density at radius 3 is 2.94 bits per heavy atom. The number of hydrogen-bond donors (Lipinski definition) is 1. The van der Waals surface area contributed by atoms with Crippen molar-refractivity contribution in [3.8, 4) is 0 Å². The van der Waals surface area contributed by atoms with Gasteiger partial charge in [0.15, 0.2) is 5.22 Å². The molecule has 1 atom stereocenters. The van der Waals surface area contributed by atoms with Gasteiger partial charge in [-0.3, -0.25) is 0 Å². The molecule has 0 aliphatic heterocycles. The molecule has 0 aliphatic rings. The van der Waals surface area contributed by atoms with Crippen molar-refractivity contribution in [2.45, 2.75) is 26.3 Å². The lowest BCUT2D eigenvalue weighted by atomic mass is 10.1. The van der Waals surface area contributed by atoms with Crippen molar-refractivity contribution in [1.82, 2.24) is 10.3 Å². The lowest BCUT2D eigenvalue weighted by Crippen LogP contribution is -2.22. The smallest absolute Gasteiger partial charge is 0.197 e. The fourth-order valence-corrected chi connectivity index (χ4v) is 2.67. The van der Waals surface area contributed by atoms with Gasteiger partial charge in [0.05, 0.1) is 17.0 Å². The summed E-state index contributed by atoms with van der Waals surface area (Å²) in [5, 5.41) is 7.05. The predicted octanol–water partition coefficient (Wildman–Crippen LogP) is 3.59. The normalized spacial score (nSPS) is 12.9. The Kier molecular flexibility index (Phi) is 4.20. The van der Waals surface area contributed by atoms with Crippen LogP contribution in [-0.2, 0) is 6.42 Å². The molecule has 2 rings (SSSR count). The van der Waals surface area contributed by atoms with E-state index in [-0.39, 0.29) is 6.04 Å². The first kappa shape index (κ1) is 12.6. The molecule has 0 saturated heterocycles. The molecule has 0 amide bonds. The zero-order valence-electron chi connectivity index (χ0n) is 9.87. The molecule has 2 heterocycles. The van der Waals surface area contributed by atoms with Gasteiger partial charge >= 0.3 is 0 Å². The second-order valence-corrected chi connectivity index (χ2v) is 5.23. The number of likely N-dealkylation sites (N-methyl/N-ethyl adjacent to an activating group) is 1. The summed E-state index contributed by atoms with van der Waals surface area (Å²) >= 11 is 7.69. The largest absolute Gasteiger partial charge is 0.453 e. The molecular weight excluding hydrogens is 256 g/mol. The summed E-state index contributed by atoms with van der Waals surface area (Å²) in [4.78, 5) is 4.48. The third kappa shape index (κ3) is 3.09. The molecule has 0 fully saturated rings. The average molecular weight is 271 g/mol. The van der Waals surface area contributed by atoms with Crippen LogP contribution < -0.4 is 5.32 Å². The summed E-state index contributed by atoms with van der Waals surface area (Å²) < 4.78 is 5.14. The monoisotopic (exact) mass is 270 g/mol. The number of thiazole rings is 1. The molecule has 92 valence electrons. The zero-order chi connectivity index (χ0) is 12.3. The minimum Gasteiger partial charge on any atom is -0.453 e. The van der Waals surface area contributed by atoms with Gasteiger partial charge in [-0.1, -0.05) is 6.92 Å². The Hall–Kier alpha value is -0.840. The molecule has 0 saturated carbocycles. The summed E-state index contributed by atoms with van der Waals surface area (Å²) in [5.41, 5.74) is 2.09. The van der Waals surface area contributed by atoms with Crippen molar-refractivity contribution in [1.29, 1.82) is 0 Å². The van der Waals surface area contributed by atoms with E-state index >= 15 is 0 Å². The highest BCUT2D eigenvalue weighted by atomic mass is 35.5. The minimum atomic E-state index is 0.160. The standard InChI is InChI=1S/C12H15ClN2OS/c1-3-14-11(10-4-5-16-12(10)13)6-9-7-17-8(2)15-9/h4-5,7,11,14H,3,6H2,1-2H3.